The molecular formula is C27H38N4O. The molecule has 1 N–H and O–H groups in total. The zero-order valence-electron chi connectivity index (χ0n) is 19.6. The highest BCUT2D eigenvalue weighted by Crippen LogP contribution is 2.18. The lowest BCUT2D eigenvalue weighted by atomic mass is 10.1. The summed E-state index contributed by atoms with van der Waals surface area (Å²) >= 11 is 0. The summed E-state index contributed by atoms with van der Waals surface area (Å²) in [6.45, 7) is 3.83. The Morgan fingerprint density at radius 1 is 0.875 bits per heavy atom. The molecule has 5 heteroatoms. The number of fused-ring (bicyclic) bond motifs is 1. The maximum absolute atomic E-state index is 12.3. The number of hydrogen-bond donors (Lipinski definition) is 1. The van der Waals surface area contributed by atoms with Crippen LogP contribution in [0.25, 0.3) is 11.0 Å². The lowest BCUT2D eigenvalue weighted by Gasteiger charge is -2.10. The first kappa shape index (κ1) is 24.0. The van der Waals surface area contributed by atoms with Crippen molar-refractivity contribution < 1.29 is 4.79 Å². The molecule has 0 unspecified atom stereocenters. The van der Waals surface area contributed by atoms with Crippen molar-refractivity contribution in [2.75, 3.05) is 6.54 Å². The van der Waals surface area contributed by atoms with Gasteiger partial charge in [0.25, 0.3) is 5.91 Å². The molecule has 0 atom stereocenters. The van der Waals surface area contributed by atoms with Gasteiger partial charge in [0.2, 0.25) is 0 Å². The van der Waals surface area contributed by atoms with Gasteiger partial charge in [-0.3, -0.25) is 9.78 Å². The summed E-state index contributed by atoms with van der Waals surface area (Å²) < 4.78 is 2.35. The van der Waals surface area contributed by atoms with Gasteiger partial charge in [0.05, 0.1) is 11.0 Å². The SMILES string of the molecule is CCCCCCCCCCCCn1c(CCNC(=O)c2ccncc2)nc2ccccc21. The topological polar surface area (TPSA) is 59.8 Å². The Morgan fingerprint density at radius 3 is 2.25 bits per heavy atom. The third-order valence-corrected chi connectivity index (χ3v) is 6.05. The number of rotatable bonds is 15. The van der Waals surface area contributed by atoms with Gasteiger partial charge in [0, 0.05) is 37.5 Å². The predicted octanol–water partition coefficient (Wildman–Crippen LogP) is 6.32. The van der Waals surface area contributed by atoms with Crippen LogP contribution >= 0.6 is 0 Å². The molecule has 3 aromatic rings. The van der Waals surface area contributed by atoms with Gasteiger partial charge in [-0.2, -0.15) is 0 Å². The molecule has 1 amide bonds. The Labute approximate surface area is 192 Å². The third kappa shape index (κ3) is 7.47. The van der Waals surface area contributed by atoms with Gasteiger partial charge in [0.1, 0.15) is 5.82 Å². The van der Waals surface area contributed by atoms with Crippen molar-refractivity contribution in [1.82, 2.24) is 19.9 Å². The number of benzene rings is 1. The molecule has 3 rings (SSSR count). The summed E-state index contributed by atoms with van der Waals surface area (Å²) in [6, 6.07) is 11.8. The Balaban J connectivity index is 1.45. The van der Waals surface area contributed by atoms with Crippen LogP contribution in [0.15, 0.2) is 48.8 Å². The van der Waals surface area contributed by atoms with Crippen molar-refractivity contribution in [3.05, 3.63) is 60.2 Å². The van der Waals surface area contributed by atoms with Crippen molar-refractivity contribution in [3.63, 3.8) is 0 Å². The summed E-state index contributed by atoms with van der Waals surface area (Å²) in [4.78, 5) is 21.1. The number of aryl methyl sites for hydroxylation is 1. The first-order valence-corrected chi connectivity index (χ1v) is 12.4. The number of pyridine rings is 1. The molecule has 2 heterocycles. The van der Waals surface area contributed by atoms with E-state index in [0.29, 0.717) is 12.1 Å². The van der Waals surface area contributed by atoms with E-state index < -0.39 is 0 Å². The second-order valence-corrected chi connectivity index (χ2v) is 8.59. The monoisotopic (exact) mass is 434 g/mol. The molecular weight excluding hydrogens is 396 g/mol. The van der Waals surface area contributed by atoms with E-state index in [1.165, 1.54) is 69.7 Å². The van der Waals surface area contributed by atoms with E-state index in [1.807, 2.05) is 6.07 Å². The molecule has 0 radical (unpaired) electrons. The smallest absolute Gasteiger partial charge is 0.251 e. The van der Waals surface area contributed by atoms with E-state index in [4.69, 9.17) is 4.98 Å². The van der Waals surface area contributed by atoms with Crippen LogP contribution in [0.3, 0.4) is 0 Å². The number of aromatic nitrogens is 3. The predicted molar refractivity (Wildman–Crippen MR) is 132 cm³/mol. The van der Waals surface area contributed by atoms with E-state index in [-0.39, 0.29) is 5.91 Å². The van der Waals surface area contributed by atoms with Gasteiger partial charge >= 0.3 is 0 Å². The van der Waals surface area contributed by atoms with Gasteiger partial charge < -0.3 is 9.88 Å². The number of carbonyl (C=O) groups is 1. The molecule has 0 aliphatic rings. The van der Waals surface area contributed by atoms with E-state index in [9.17, 15) is 4.79 Å². The van der Waals surface area contributed by atoms with E-state index in [0.717, 1.165) is 24.3 Å². The normalized spacial score (nSPS) is 11.2. The Hall–Kier alpha value is -2.69. The van der Waals surface area contributed by atoms with Crippen LogP contribution in [0.1, 0.15) is 87.3 Å². The van der Waals surface area contributed by atoms with E-state index >= 15 is 0 Å². The van der Waals surface area contributed by atoms with Crippen molar-refractivity contribution in [2.24, 2.45) is 0 Å². The Bertz CT molecular complexity index is 935. The van der Waals surface area contributed by atoms with E-state index in [1.54, 1.807) is 24.5 Å². The number of para-hydroxylation sites is 2. The number of amides is 1. The summed E-state index contributed by atoms with van der Waals surface area (Å²) in [5.41, 5.74) is 2.87. The number of hydrogen-bond acceptors (Lipinski definition) is 3. The first-order chi connectivity index (χ1) is 15.8. The third-order valence-electron chi connectivity index (χ3n) is 6.05. The standard InChI is InChI=1S/C27H38N4O/c1-2-3-4-5-6-7-8-9-10-13-22-31-25-15-12-11-14-24(25)30-26(31)18-21-29-27(32)23-16-19-28-20-17-23/h11-12,14-17,19-20H,2-10,13,18,21-22H2,1H3,(H,29,32). The van der Waals surface area contributed by atoms with Crippen LogP contribution in [-0.2, 0) is 13.0 Å². The molecule has 32 heavy (non-hydrogen) atoms. The lowest BCUT2D eigenvalue weighted by Crippen LogP contribution is -2.26. The first-order valence-electron chi connectivity index (χ1n) is 12.4. The van der Waals surface area contributed by atoms with Crippen LogP contribution in [-0.4, -0.2) is 27.0 Å². The van der Waals surface area contributed by atoms with Crippen LogP contribution < -0.4 is 5.32 Å². The molecule has 0 saturated carbocycles. The highest BCUT2D eigenvalue weighted by atomic mass is 16.1. The molecule has 0 spiro atoms. The fourth-order valence-electron chi connectivity index (χ4n) is 4.22. The highest BCUT2D eigenvalue weighted by Gasteiger charge is 2.11. The molecule has 0 saturated heterocycles. The minimum absolute atomic E-state index is 0.0650. The van der Waals surface area contributed by atoms with Crippen molar-refractivity contribution in [2.45, 2.75) is 84.1 Å². The average Bonchev–Trinajstić information content (AvgIpc) is 3.18. The summed E-state index contributed by atoms with van der Waals surface area (Å²) in [7, 11) is 0. The average molecular weight is 435 g/mol. The number of imidazole rings is 1. The summed E-state index contributed by atoms with van der Waals surface area (Å²) in [5, 5.41) is 3.01. The molecule has 0 fully saturated rings. The maximum Gasteiger partial charge on any atom is 0.251 e. The van der Waals surface area contributed by atoms with Gasteiger partial charge in [-0.25, -0.2) is 4.98 Å². The minimum atomic E-state index is -0.0650. The van der Waals surface area contributed by atoms with Gasteiger partial charge in [0.15, 0.2) is 0 Å². The zero-order valence-corrected chi connectivity index (χ0v) is 19.6. The van der Waals surface area contributed by atoms with Gasteiger partial charge in [-0.15, -0.1) is 0 Å². The number of nitrogens with zero attached hydrogens (tertiary/aromatic N) is 3. The summed E-state index contributed by atoms with van der Waals surface area (Å²) in [5.74, 6) is 0.988. The largest absolute Gasteiger partial charge is 0.352 e. The van der Waals surface area contributed by atoms with Gasteiger partial charge in [-0.05, 0) is 30.7 Å². The fraction of sp³-hybridized carbons (Fsp3) is 0.519. The molecule has 0 aliphatic heterocycles. The molecule has 1 aromatic carbocycles. The molecule has 5 nitrogen and oxygen atoms in total. The minimum Gasteiger partial charge on any atom is -0.352 e. The van der Waals surface area contributed by atoms with E-state index in [2.05, 4.69) is 40.0 Å². The number of carbonyl (C=O) groups excluding carboxylic acids is 1. The van der Waals surface area contributed by atoms with Crippen LogP contribution in [0.4, 0.5) is 0 Å². The lowest BCUT2D eigenvalue weighted by molar-refractivity contribution is 0.0954. The molecule has 2 aromatic heterocycles. The molecule has 172 valence electrons. The van der Waals surface area contributed by atoms with Crippen molar-refractivity contribution >= 4 is 16.9 Å². The van der Waals surface area contributed by atoms with Crippen LogP contribution in [0, 0.1) is 0 Å². The van der Waals surface area contributed by atoms with Gasteiger partial charge in [-0.1, -0.05) is 76.8 Å². The highest BCUT2D eigenvalue weighted by molar-refractivity contribution is 5.93. The van der Waals surface area contributed by atoms with Crippen molar-refractivity contribution in [1.29, 1.82) is 0 Å². The molecule has 0 aliphatic carbocycles. The van der Waals surface area contributed by atoms with Crippen molar-refractivity contribution in [3.8, 4) is 0 Å². The zero-order chi connectivity index (χ0) is 22.4. The maximum atomic E-state index is 12.3. The molecule has 0 bridgehead atoms. The number of unbranched alkanes of at least 4 members (excludes halogenated alkanes) is 9. The Morgan fingerprint density at radius 2 is 1.53 bits per heavy atom. The quantitative estimate of drug-likeness (QED) is 0.285. The number of nitrogens with one attached hydrogen (secondary N) is 1. The second kappa shape index (κ2) is 13.7. The van der Waals surface area contributed by atoms with Crippen LogP contribution in [0.2, 0.25) is 0 Å². The van der Waals surface area contributed by atoms with Crippen LogP contribution in [0.5, 0.6) is 0 Å². The fourth-order valence-corrected chi connectivity index (χ4v) is 4.22. The summed E-state index contributed by atoms with van der Waals surface area (Å²) in [6.07, 6.45) is 17.4. The second-order valence-electron chi connectivity index (χ2n) is 8.59. The Kier molecular flexibility index (Phi) is 10.2.